The third-order valence-corrected chi connectivity index (χ3v) is 4.55. The highest BCUT2D eigenvalue weighted by Crippen LogP contribution is 2.47. The van der Waals surface area contributed by atoms with Crippen LogP contribution in [0.1, 0.15) is 18.4 Å². The van der Waals surface area contributed by atoms with Crippen LogP contribution in [0.25, 0.3) is 0 Å². The summed E-state index contributed by atoms with van der Waals surface area (Å²) in [6.07, 6.45) is -3.50. The molecule has 0 bridgehead atoms. The number of ketones is 1. The van der Waals surface area contributed by atoms with Crippen molar-refractivity contribution < 1.29 is 24.6 Å². The van der Waals surface area contributed by atoms with Crippen molar-refractivity contribution in [3.63, 3.8) is 0 Å². The average molecular weight is 316 g/mol. The molecule has 3 rings (SSSR count). The van der Waals surface area contributed by atoms with Gasteiger partial charge in [-0.15, -0.1) is 0 Å². The molecule has 1 aliphatic carbocycles. The summed E-state index contributed by atoms with van der Waals surface area (Å²) in [5, 5.41) is 30.4. The van der Waals surface area contributed by atoms with Crippen molar-refractivity contribution >= 4 is 11.7 Å². The van der Waals surface area contributed by atoms with Gasteiger partial charge in [-0.25, -0.2) is 5.06 Å². The van der Waals surface area contributed by atoms with Gasteiger partial charge in [-0.1, -0.05) is 30.3 Å². The molecule has 0 aromatic heterocycles. The van der Waals surface area contributed by atoms with E-state index in [4.69, 9.17) is 4.84 Å². The SMILES string of the molecule is N#C[C@@H]1CC(=O)[C@@H](O)[C@@H](O)[C@@]12CC(=O)N2OCc1ccccc1. The molecule has 1 spiro atoms. The second kappa shape index (κ2) is 5.74. The van der Waals surface area contributed by atoms with E-state index < -0.39 is 29.4 Å². The van der Waals surface area contributed by atoms with E-state index in [-0.39, 0.29) is 25.4 Å². The largest absolute Gasteiger partial charge is 0.387 e. The van der Waals surface area contributed by atoms with E-state index >= 15 is 0 Å². The zero-order valence-electron chi connectivity index (χ0n) is 12.3. The monoisotopic (exact) mass is 316 g/mol. The van der Waals surface area contributed by atoms with E-state index in [1.165, 1.54) is 0 Å². The van der Waals surface area contributed by atoms with Gasteiger partial charge in [0.25, 0.3) is 0 Å². The number of hydrogen-bond acceptors (Lipinski definition) is 6. The van der Waals surface area contributed by atoms with E-state index in [0.717, 1.165) is 10.6 Å². The number of aliphatic hydroxyl groups excluding tert-OH is 2. The Morgan fingerprint density at radius 3 is 2.61 bits per heavy atom. The quantitative estimate of drug-likeness (QED) is 0.755. The van der Waals surface area contributed by atoms with Crippen LogP contribution in [0.5, 0.6) is 0 Å². The Morgan fingerprint density at radius 1 is 1.30 bits per heavy atom. The Kier molecular flexibility index (Phi) is 3.90. The minimum Gasteiger partial charge on any atom is -0.387 e. The molecule has 2 aliphatic rings. The van der Waals surface area contributed by atoms with Gasteiger partial charge in [-0.2, -0.15) is 5.26 Å². The van der Waals surface area contributed by atoms with E-state index in [1.54, 1.807) is 0 Å². The molecule has 1 aliphatic heterocycles. The van der Waals surface area contributed by atoms with Gasteiger partial charge >= 0.3 is 0 Å². The first-order chi connectivity index (χ1) is 11.0. The molecule has 1 heterocycles. The van der Waals surface area contributed by atoms with Crippen molar-refractivity contribution in [1.29, 1.82) is 5.26 Å². The summed E-state index contributed by atoms with van der Waals surface area (Å²) < 4.78 is 0. The molecule has 1 saturated heterocycles. The number of nitrogens with zero attached hydrogens (tertiary/aromatic N) is 2. The lowest BCUT2D eigenvalue weighted by molar-refractivity contribution is -0.300. The van der Waals surface area contributed by atoms with Gasteiger partial charge in [0.15, 0.2) is 5.78 Å². The molecule has 23 heavy (non-hydrogen) atoms. The maximum absolute atomic E-state index is 11.9. The van der Waals surface area contributed by atoms with Gasteiger partial charge in [-0.05, 0) is 5.56 Å². The molecule has 0 unspecified atom stereocenters. The number of aliphatic hydroxyl groups is 2. The molecule has 1 amide bonds. The van der Waals surface area contributed by atoms with Crippen LogP contribution in [0.15, 0.2) is 30.3 Å². The number of rotatable bonds is 3. The molecule has 120 valence electrons. The standard InChI is InChI=1S/C16H16N2O5/c17-8-11-6-12(19)14(21)15(22)16(11)7-13(20)18(16)23-9-10-4-2-1-3-5-10/h1-5,11,14-15,21-22H,6-7,9H2/t11-,14+,15+,16+/m0/s1. The number of amides is 1. The van der Waals surface area contributed by atoms with E-state index in [0.29, 0.717) is 0 Å². The molecule has 2 fully saturated rings. The zero-order valence-corrected chi connectivity index (χ0v) is 12.3. The number of carbonyl (C=O) groups is 2. The third-order valence-electron chi connectivity index (χ3n) is 4.55. The minimum atomic E-state index is -1.62. The Morgan fingerprint density at radius 2 is 2.00 bits per heavy atom. The van der Waals surface area contributed by atoms with Gasteiger partial charge in [0.2, 0.25) is 5.91 Å². The summed E-state index contributed by atoms with van der Waals surface area (Å²) in [6.45, 7) is 0.0865. The predicted octanol–water partition coefficient (Wildman–Crippen LogP) is -0.0763. The highest BCUT2D eigenvalue weighted by Gasteiger charge is 2.66. The summed E-state index contributed by atoms with van der Waals surface area (Å²) in [5.74, 6) is -1.90. The van der Waals surface area contributed by atoms with Gasteiger partial charge < -0.3 is 10.2 Å². The predicted molar refractivity (Wildman–Crippen MR) is 76.2 cm³/mol. The van der Waals surface area contributed by atoms with Crippen LogP contribution in [0, 0.1) is 17.2 Å². The van der Waals surface area contributed by atoms with Crippen LogP contribution >= 0.6 is 0 Å². The van der Waals surface area contributed by atoms with Gasteiger partial charge in [0.05, 0.1) is 18.4 Å². The second-order valence-electron chi connectivity index (χ2n) is 5.86. The normalized spacial score (nSPS) is 33.4. The first-order valence-corrected chi connectivity index (χ1v) is 7.29. The van der Waals surface area contributed by atoms with Crippen LogP contribution in [-0.2, 0) is 21.0 Å². The van der Waals surface area contributed by atoms with Crippen molar-refractivity contribution in [2.24, 2.45) is 5.92 Å². The molecule has 1 aromatic rings. The van der Waals surface area contributed by atoms with Gasteiger partial charge in [-0.3, -0.25) is 14.4 Å². The Bertz CT molecular complexity index is 671. The van der Waals surface area contributed by atoms with E-state index in [1.807, 2.05) is 36.4 Å². The topological polar surface area (TPSA) is 111 Å². The van der Waals surface area contributed by atoms with Gasteiger partial charge in [0, 0.05) is 6.42 Å². The van der Waals surface area contributed by atoms with Crippen LogP contribution in [0.3, 0.4) is 0 Å². The zero-order chi connectivity index (χ0) is 16.6. The molecule has 1 aromatic carbocycles. The fraction of sp³-hybridized carbons (Fsp3) is 0.438. The van der Waals surface area contributed by atoms with Crippen molar-refractivity contribution in [2.45, 2.75) is 37.2 Å². The smallest absolute Gasteiger partial charge is 0.249 e. The van der Waals surface area contributed by atoms with Crippen LogP contribution in [-0.4, -0.2) is 44.7 Å². The van der Waals surface area contributed by atoms with Crippen LogP contribution in [0.4, 0.5) is 0 Å². The number of nitriles is 1. The fourth-order valence-corrected chi connectivity index (χ4v) is 3.23. The fourth-order valence-electron chi connectivity index (χ4n) is 3.23. The number of carbonyl (C=O) groups excluding carboxylic acids is 2. The average Bonchev–Trinajstić information content (AvgIpc) is 2.56. The second-order valence-corrected chi connectivity index (χ2v) is 5.86. The van der Waals surface area contributed by atoms with E-state index in [9.17, 15) is 25.1 Å². The molecule has 2 N–H and O–H groups in total. The summed E-state index contributed by atoms with van der Waals surface area (Å²) >= 11 is 0. The highest BCUT2D eigenvalue weighted by atomic mass is 16.7. The first-order valence-electron chi connectivity index (χ1n) is 7.29. The lowest BCUT2D eigenvalue weighted by Gasteiger charge is -2.57. The number of Topliss-reactive ketones (excluding diaryl/α,β-unsaturated/α-hetero) is 1. The summed E-state index contributed by atoms with van der Waals surface area (Å²) in [4.78, 5) is 29.1. The van der Waals surface area contributed by atoms with Crippen LogP contribution in [0.2, 0.25) is 0 Å². The first kappa shape index (κ1) is 15.6. The maximum Gasteiger partial charge on any atom is 0.249 e. The lowest BCUT2D eigenvalue weighted by atomic mass is 9.63. The van der Waals surface area contributed by atoms with Crippen molar-refractivity contribution in [3.8, 4) is 6.07 Å². The third kappa shape index (κ3) is 2.32. The van der Waals surface area contributed by atoms with Crippen molar-refractivity contribution in [2.75, 3.05) is 0 Å². The number of hydrogen-bond donors (Lipinski definition) is 2. The molecule has 0 radical (unpaired) electrons. The summed E-state index contributed by atoms with van der Waals surface area (Å²) in [6, 6.07) is 11.1. The lowest BCUT2D eigenvalue weighted by Crippen LogP contribution is -2.76. The maximum atomic E-state index is 11.9. The Labute approximate surface area is 132 Å². The number of benzene rings is 1. The minimum absolute atomic E-state index is 0.0865. The molecular formula is C16H16N2O5. The Hall–Kier alpha value is -2.27. The van der Waals surface area contributed by atoms with Crippen molar-refractivity contribution in [3.05, 3.63) is 35.9 Å². The summed E-state index contributed by atoms with van der Waals surface area (Å²) in [5.41, 5.74) is -0.550. The molecule has 4 atom stereocenters. The van der Waals surface area contributed by atoms with Gasteiger partial charge in [0.1, 0.15) is 24.4 Å². The Balaban J connectivity index is 1.83. The highest BCUT2D eigenvalue weighted by molar-refractivity contribution is 5.90. The number of β-lactam (4-membered cyclic amide) rings is 1. The van der Waals surface area contributed by atoms with E-state index in [2.05, 4.69) is 0 Å². The van der Waals surface area contributed by atoms with Crippen molar-refractivity contribution in [1.82, 2.24) is 5.06 Å². The molecule has 7 heteroatoms. The molecule has 1 saturated carbocycles. The molecular weight excluding hydrogens is 300 g/mol. The molecule has 7 nitrogen and oxygen atoms in total. The summed E-state index contributed by atoms with van der Waals surface area (Å²) in [7, 11) is 0. The van der Waals surface area contributed by atoms with Crippen LogP contribution < -0.4 is 0 Å². The number of hydroxylamine groups is 2.